The van der Waals surface area contributed by atoms with Gasteiger partial charge in [0.15, 0.2) is 0 Å². The molecule has 13 heavy (non-hydrogen) atoms. The summed E-state index contributed by atoms with van der Waals surface area (Å²) in [5.41, 5.74) is 10.6. The first-order valence-electron chi connectivity index (χ1n) is 4.23. The van der Waals surface area contributed by atoms with Crippen LogP contribution in [0, 0.1) is 5.21 Å². The van der Waals surface area contributed by atoms with Crippen LogP contribution in [0.4, 0.5) is 0 Å². The van der Waals surface area contributed by atoms with E-state index < -0.39 is 0 Å². The molecule has 0 aliphatic heterocycles. The lowest BCUT2D eigenvalue weighted by Crippen LogP contribution is -2.34. The molecule has 0 unspecified atom stereocenters. The second kappa shape index (κ2) is 7.56. The van der Waals surface area contributed by atoms with Crippen LogP contribution in [0.3, 0.4) is 0 Å². The maximum atomic E-state index is 10.9. The zero-order valence-electron chi connectivity index (χ0n) is 7.59. The summed E-state index contributed by atoms with van der Waals surface area (Å²) in [7, 11) is 0. The van der Waals surface area contributed by atoms with Crippen LogP contribution < -0.4 is 11.5 Å². The highest BCUT2D eigenvalue weighted by Gasteiger charge is 2.10. The molecule has 0 aromatic heterocycles. The van der Waals surface area contributed by atoms with E-state index in [4.69, 9.17) is 16.7 Å². The normalized spacial score (nSPS) is 11.7. The third-order valence-corrected chi connectivity index (χ3v) is 1.56. The van der Waals surface area contributed by atoms with E-state index in [-0.39, 0.29) is 4.97 Å². The Hall–Kier alpha value is -1.08. The standard InChI is InChI=1S/C6H17N5O2/c7-3-1-5-10(6-2-4-8)11(13)9-12/h12H,1-8H2. The molecule has 0 aromatic rings. The highest BCUT2D eigenvalue weighted by molar-refractivity contribution is 4.48. The lowest BCUT2D eigenvalue weighted by atomic mass is 10.4. The van der Waals surface area contributed by atoms with Crippen LogP contribution in [-0.4, -0.2) is 41.4 Å². The van der Waals surface area contributed by atoms with Gasteiger partial charge in [0.2, 0.25) is 5.28 Å². The van der Waals surface area contributed by atoms with Gasteiger partial charge in [-0.1, -0.05) is 0 Å². The van der Waals surface area contributed by atoms with Crippen molar-refractivity contribution in [3.63, 3.8) is 0 Å². The van der Waals surface area contributed by atoms with Crippen LogP contribution in [0.5, 0.6) is 0 Å². The first kappa shape index (κ1) is 11.9. The van der Waals surface area contributed by atoms with Crippen molar-refractivity contribution in [3.8, 4) is 0 Å². The van der Waals surface area contributed by atoms with Crippen LogP contribution in [0.2, 0.25) is 0 Å². The molecule has 5 N–H and O–H groups in total. The number of hydrazine groups is 1. The Morgan fingerprint density at radius 3 is 2.00 bits per heavy atom. The summed E-state index contributed by atoms with van der Waals surface area (Å²) in [5.74, 6) is 0. The summed E-state index contributed by atoms with van der Waals surface area (Å²) in [6.07, 6.45) is 1.36. The Kier molecular flexibility index (Phi) is 6.93. The van der Waals surface area contributed by atoms with Gasteiger partial charge >= 0.3 is 0 Å². The van der Waals surface area contributed by atoms with E-state index in [0.717, 1.165) is 0 Å². The molecule has 0 saturated carbocycles. The molecule has 0 amide bonds. The topological polar surface area (TPSA) is 114 Å². The largest absolute Gasteiger partial charge is 0.569 e. The fourth-order valence-corrected chi connectivity index (χ4v) is 0.887. The Bertz CT molecular complexity index is 144. The smallest absolute Gasteiger partial charge is 0.230 e. The van der Waals surface area contributed by atoms with Crippen LogP contribution in [-0.2, 0) is 0 Å². The highest BCUT2D eigenvalue weighted by Crippen LogP contribution is 1.94. The van der Waals surface area contributed by atoms with Crippen molar-refractivity contribution < 1.29 is 10.2 Å². The Labute approximate surface area is 77.1 Å². The van der Waals surface area contributed by atoms with Crippen LogP contribution in [0.15, 0.2) is 5.28 Å². The number of nitrogens with two attached hydrogens (primary N) is 2. The van der Waals surface area contributed by atoms with Crippen LogP contribution >= 0.6 is 0 Å². The first-order chi connectivity index (χ1) is 6.26. The summed E-state index contributed by atoms with van der Waals surface area (Å²) in [6, 6.07) is 0. The number of rotatable bonds is 7. The molecule has 0 bridgehead atoms. The minimum Gasteiger partial charge on any atom is -0.569 e. The van der Waals surface area contributed by atoms with Crippen molar-refractivity contribution in [2.75, 3.05) is 26.2 Å². The van der Waals surface area contributed by atoms with Gasteiger partial charge < -0.3 is 21.9 Å². The first-order valence-corrected chi connectivity index (χ1v) is 4.23. The molecule has 0 aliphatic rings. The van der Waals surface area contributed by atoms with Crippen molar-refractivity contribution in [2.24, 2.45) is 16.7 Å². The van der Waals surface area contributed by atoms with E-state index >= 15 is 0 Å². The minimum absolute atomic E-state index is 0.158. The molecule has 0 atom stereocenters. The third-order valence-electron chi connectivity index (χ3n) is 1.56. The van der Waals surface area contributed by atoms with E-state index in [1.165, 1.54) is 5.01 Å². The van der Waals surface area contributed by atoms with Gasteiger partial charge in [-0.2, -0.15) is 0 Å². The number of hydrogen-bond donors (Lipinski definition) is 3. The van der Waals surface area contributed by atoms with Gasteiger partial charge in [0.25, 0.3) is 0 Å². The Morgan fingerprint density at radius 1 is 1.23 bits per heavy atom. The molecule has 0 heterocycles. The fourth-order valence-electron chi connectivity index (χ4n) is 0.887. The number of hydrogen-bond acceptors (Lipinski definition) is 4. The van der Waals surface area contributed by atoms with Gasteiger partial charge in [0.05, 0.1) is 18.1 Å². The van der Waals surface area contributed by atoms with E-state index in [0.29, 0.717) is 39.0 Å². The van der Waals surface area contributed by atoms with Crippen LogP contribution in [0.25, 0.3) is 0 Å². The van der Waals surface area contributed by atoms with E-state index in [2.05, 4.69) is 5.28 Å². The zero-order valence-corrected chi connectivity index (χ0v) is 7.59. The summed E-state index contributed by atoms with van der Waals surface area (Å²) in [6.45, 7) is 1.95. The average molecular weight is 191 g/mol. The molecule has 0 saturated heterocycles. The van der Waals surface area contributed by atoms with Crippen molar-refractivity contribution in [1.82, 2.24) is 5.01 Å². The summed E-state index contributed by atoms with van der Waals surface area (Å²) in [4.78, 5) is 0.158. The maximum Gasteiger partial charge on any atom is 0.230 e. The van der Waals surface area contributed by atoms with Gasteiger partial charge in [0, 0.05) is 0 Å². The van der Waals surface area contributed by atoms with E-state index in [9.17, 15) is 5.21 Å². The van der Waals surface area contributed by atoms with Gasteiger partial charge in [-0.25, -0.2) is 0 Å². The lowest BCUT2D eigenvalue weighted by Gasteiger charge is -2.16. The molecule has 0 fully saturated rings. The quantitative estimate of drug-likeness (QED) is 0.278. The molecule has 0 radical (unpaired) electrons. The molecule has 78 valence electrons. The summed E-state index contributed by atoms with van der Waals surface area (Å²) < 4.78 is 0. The molecule has 0 aliphatic carbocycles. The second-order valence-corrected chi connectivity index (χ2v) is 2.58. The predicted octanol–water partition coefficient (Wildman–Crippen LogP) is -0.747. The van der Waals surface area contributed by atoms with Gasteiger partial charge in [-0.3, -0.25) is 0 Å². The zero-order chi connectivity index (χ0) is 10.1. The molecule has 7 nitrogen and oxygen atoms in total. The SMILES string of the molecule is NCCCN(CCCN)[N+]([O-])=NO. The maximum absolute atomic E-state index is 10.9. The lowest BCUT2D eigenvalue weighted by molar-refractivity contribution is -0.709. The molecule has 0 rings (SSSR count). The molecular formula is C6H17N5O2. The van der Waals surface area contributed by atoms with Crippen molar-refractivity contribution in [1.29, 1.82) is 0 Å². The van der Waals surface area contributed by atoms with Gasteiger partial charge in [-0.05, 0) is 25.9 Å². The minimum atomic E-state index is 0.158. The van der Waals surface area contributed by atoms with E-state index in [1.54, 1.807) is 0 Å². The van der Waals surface area contributed by atoms with Gasteiger partial charge in [-0.15, -0.1) is 5.01 Å². The third kappa shape index (κ3) is 5.21. The average Bonchev–Trinajstić information content (AvgIpc) is 2.17. The monoisotopic (exact) mass is 191 g/mol. The van der Waals surface area contributed by atoms with Crippen molar-refractivity contribution >= 4 is 0 Å². The molecule has 0 spiro atoms. The highest BCUT2D eigenvalue weighted by atomic mass is 16.6. The molecular weight excluding hydrogens is 174 g/mol. The number of nitrogens with zero attached hydrogens (tertiary/aromatic N) is 3. The second-order valence-electron chi connectivity index (χ2n) is 2.58. The van der Waals surface area contributed by atoms with E-state index in [1.807, 2.05) is 0 Å². The summed E-state index contributed by atoms with van der Waals surface area (Å²) >= 11 is 0. The molecule has 7 heteroatoms. The fraction of sp³-hybridized carbons (Fsp3) is 1.00. The summed E-state index contributed by atoms with van der Waals surface area (Å²) in [5, 5.41) is 23.0. The van der Waals surface area contributed by atoms with Crippen LogP contribution in [0.1, 0.15) is 12.8 Å². The Morgan fingerprint density at radius 2 is 1.69 bits per heavy atom. The van der Waals surface area contributed by atoms with Gasteiger partial charge in [0.1, 0.15) is 0 Å². The predicted molar refractivity (Wildman–Crippen MR) is 46.8 cm³/mol. The Balaban J connectivity index is 3.87. The van der Waals surface area contributed by atoms with Crippen molar-refractivity contribution in [2.45, 2.75) is 12.8 Å². The van der Waals surface area contributed by atoms with Crippen molar-refractivity contribution in [3.05, 3.63) is 5.21 Å². The molecule has 0 aromatic carbocycles.